The van der Waals surface area contributed by atoms with Gasteiger partial charge in [-0.25, -0.2) is 4.79 Å². The average molecular weight is 581 g/mol. The Morgan fingerprint density at radius 3 is 2.21 bits per heavy atom. The standard InChI is InChI=1S/C32H44N4O6/c1-20(2)27(34-29(37)21(3)35(5)32(40)41)31(39)36(6)28(22(4)42-19-23-13-8-7-9-14-23)30(38)33-26-18-12-16-24-15-10-11-17-25(24)26/h7-11,13-15,17,20-22,26-28H,12,16,18-19H2,1-6H3,(H,33,38)(H,34,37)(H,40,41). The molecule has 10 nitrogen and oxygen atoms in total. The number of nitrogens with one attached hydrogen (secondary N) is 2. The van der Waals surface area contributed by atoms with Crippen LogP contribution in [-0.4, -0.2) is 77.0 Å². The molecule has 1 aliphatic rings. The second kappa shape index (κ2) is 14.8. The molecule has 1 aliphatic carbocycles. The number of amides is 4. The van der Waals surface area contributed by atoms with E-state index in [-0.39, 0.29) is 24.5 Å². The minimum absolute atomic E-state index is 0.192. The molecular formula is C32H44N4O6. The fraction of sp³-hybridized carbons (Fsp3) is 0.500. The van der Waals surface area contributed by atoms with E-state index < -0.39 is 42.1 Å². The zero-order valence-electron chi connectivity index (χ0n) is 25.4. The molecule has 3 rings (SSSR count). The predicted octanol–water partition coefficient (Wildman–Crippen LogP) is 3.75. The lowest BCUT2D eigenvalue weighted by Gasteiger charge is -2.37. The fourth-order valence-electron chi connectivity index (χ4n) is 5.24. The van der Waals surface area contributed by atoms with Crippen molar-refractivity contribution < 1.29 is 29.0 Å². The number of carbonyl (C=O) groups excluding carboxylic acids is 3. The lowest BCUT2D eigenvalue weighted by atomic mass is 9.87. The summed E-state index contributed by atoms with van der Waals surface area (Å²) in [5, 5.41) is 15.2. The summed E-state index contributed by atoms with van der Waals surface area (Å²) in [6.45, 7) is 7.03. The lowest BCUT2D eigenvalue weighted by Crippen LogP contribution is -2.60. The molecule has 4 amide bonds. The van der Waals surface area contributed by atoms with Crippen molar-refractivity contribution in [2.75, 3.05) is 14.1 Å². The van der Waals surface area contributed by atoms with Gasteiger partial charge in [-0.05, 0) is 55.7 Å². The quantitative estimate of drug-likeness (QED) is 0.351. The number of nitrogens with zero attached hydrogens (tertiary/aromatic N) is 2. The summed E-state index contributed by atoms with van der Waals surface area (Å²) in [5.41, 5.74) is 3.21. The molecule has 42 heavy (non-hydrogen) atoms. The summed E-state index contributed by atoms with van der Waals surface area (Å²) in [5.74, 6) is -1.75. The first-order chi connectivity index (χ1) is 19.9. The third-order valence-electron chi connectivity index (χ3n) is 8.01. The second-order valence-electron chi connectivity index (χ2n) is 11.3. The Morgan fingerprint density at radius 2 is 1.57 bits per heavy atom. The van der Waals surface area contributed by atoms with E-state index in [1.807, 2.05) is 48.5 Å². The number of carboxylic acid groups (broad SMARTS) is 1. The number of aryl methyl sites for hydroxylation is 1. The Kier molecular flexibility index (Phi) is 11.5. The van der Waals surface area contributed by atoms with Gasteiger partial charge in [0.1, 0.15) is 18.1 Å². The zero-order valence-corrected chi connectivity index (χ0v) is 25.4. The van der Waals surface area contributed by atoms with Gasteiger partial charge < -0.3 is 25.4 Å². The van der Waals surface area contributed by atoms with Gasteiger partial charge in [-0.15, -0.1) is 0 Å². The molecule has 5 unspecified atom stereocenters. The number of hydrogen-bond donors (Lipinski definition) is 3. The molecule has 2 aromatic rings. The number of likely N-dealkylation sites (N-methyl/N-ethyl adjacent to an activating group) is 2. The van der Waals surface area contributed by atoms with E-state index in [0.717, 1.165) is 35.3 Å². The third-order valence-corrected chi connectivity index (χ3v) is 8.01. The average Bonchev–Trinajstić information content (AvgIpc) is 2.98. The van der Waals surface area contributed by atoms with Crippen molar-refractivity contribution in [1.82, 2.24) is 20.4 Å². The first-order valence-corrected chi connectivity index (χ1v) is 14.5. The number of benzene rings is 2. The van der Waals surface area contributed by atoms with E-state index in [0.29, 0.717) is 0 Å². The maximum absolute atomic E-state index is 14.0. The van der Waals surface area contributed by atoms with Crippen LogP contribution in [0.25, 0.3) is 0 Å². The largest absolute Gasteiger partial charge is 0.465 e. The van der Waals surface area contributed by atoms with Gasteiger partial charge in [0, 0.05) is 14.1 Å². The molecule has 0 heterocycles. The maximum atomic E-state index is 14.0. The molecular weight excluding hydrogens is 536 g/mol. The molecule has 0 aromatic heterocycles. The fourth-order valence-corrected chi connectivity index (χ4v) is 5.24. The van der Waals surface area contributed by atoms with Gasteiger partial charge in [-0.1, -0.05) is 68.4 Å². The van der Waals surface area contributed by atoms with Crippen LogP contribution in [0.3, 0.4) is 0 Å². The minimum atomic E-state index is -1.26. The van der Waals surface area contributed by atoms with Crippen LogP contribution in [-0.2, 0) is 32.1 Å². The summed E-state index contributed by atoms with van der Waals surface area (Å²) >= 11 is 0. The molecule has 0 bridgehead atoms. The normalized spacial score (nSPS) is 17.3. The number of hydrogen-bond acceptors (Lipinski definition) is 5. The van der Waals surface area contributed by atoms with Crippen molar-refractivity contribution in [3.05, 3.63) is 71.3 Å². The van der Waals surface area contributed by atoms with E-state index in [9.17, 15) is 24.3 Å². The van der Waals surface area contributed by atoms with Crippen molar-refractivity contribution in [2.24, 2.45) is 5.92 Å². The number of rotatable bonds is 12. The highest BCUT2D eigenvalue weighted by Crippen LogP contribution is 2.30. The SMILES string of the molecule is CC(C)C(NC(=O)C(C)N(C)C(=O)O)C(=O)N(C)C(C(=O)NC1CCCc2ccccc21)C(C)OCc1ccccc1. The first-order valence-electron chi connectivity index (χ1n) is 14.5. The van der Waals surface area contributed by atoms with Gasteiger partial charge in [-0.3, -0.25) is 19.3 Å². The van der Waals surface area contributed by atoms with Gasteiger partial charge >= 0.3 is 6.09 Å². The van der Waals surface area contributed by atoms with Crippen LogP contribution in [0.1, 0.15) is 63.3 Å². The Hall–Kier alpha value is -3.92. The number of fused-ring (bicyclic) bond motifs is 1. The molecule has 0 saturated heterocycles. The van der Waals surface area contributed by atoms with Crippen molar-refractivity contribution in [1.29, 1.82) is 0 Å². The highest BCUT2D eigenvalue weighted by atomic mass is 16.5. The molecule has 3 N–H and O–H groups in total. The van der Waals surface area contributed by atoms with Gasteiger partial charge in [0.25, 0.3) is 0 Å². The smallest absolute Gasteiger partial charge is 0.407 e. The van der Waals surface area contributed by atoms with E-state index in [4.69, 9.17) is 4.74 Å². The molecule has 0 saturated carbocycles. The molecule has 5 atom stereocenters. The predicted molar refractivity (Wildman–Crippen MR) is 160 cm³/mol. The molecule has 0 radical (unpaired) electrons. The molecule has 228 valence electrons. The first kappa shape index (κ1) is 32.6. The minimum Gasteiger partial charge on any atom is -0.465 e. The third kappa shape index (κ3) is 8.09. The van der Waals surface area contributed by atoms with Gasteiger partial charge in [0.05, 0.1) is 18.8 Å². The second-order valence-corrected chi connectivity index (χ2v) is 11.3. The van der Waals surface area contributed by atoms with Crippen LogP contribution in [0.15, 0.2) is 54.6 Å². The lowest BCUT2D eigenvalue weighted by molar-refractivity contribution is -0.148. The van der Waals surface area contributed by atoms with Crippen LogP contribution < -0.4 is 10.6 Å². The Morgan fingerprint density at radius 1 is 0.929 bits per heavy atom. The Labute approximate surface area is 248 Å². The van der Waals surface area contributed by atoms with Crippen molar-refractivity contribution >= 4 is 23.8 Å². The summed E-state index contributed by atoms with van der Waals surface area (Å²) in [6.07, 6.45) is 0.732. The van der Waals surface area contributed by atoms with Crippen LogP contribution in [0.4, 0.5) is 4.79 Å². The van der Waals surface area contributed by atoms with E-state index in [1.165, 1.54) is 31.5 Å². The van der Waals surface area contributed by atoms with Crippen molar-refractivity contribution in [2.45, 2.75) is 83.8 Å². The molecule has 10 heteroatoms. The molecule has 2 aromatic carbocycles. The zero-order chi connectivity index (χ0) is 31.0. The molecule has 0 aliphatic heterocycles. The summed E-state index contributed by atoms with van der Waals surface area (Å²) in [6, 6.07) is 14.4. The molecule has 0 fully saturated rings. The summed E-state index contributed by atoms with van der Waals surface area (Å²) < 4.78 is 6.14. The summed E-state index contributed by atoms with van der Waals surface area (Å²) in [7, 11) is 2.83. The Balaban J connectivity index is 1.85. The number of ether oxygens (including phenoxy) is 1. The van der Waals surface area contributed by atoms with Crippen molar-refractivity contribution in [3.8, 4) is 0 Å². The highest BCUT2D eigenvalue weighted by molar-refractivity contribution is 5.94. The topological polar surface area (TPSA) is 128 Å². The van der Waals surface area contributed by atoms with E-state index in [1.54, 1.807) is 20.8 Å². The van der Waals surface area contributed by atoms with E-state index in [2.05, 4.69) is 16.7 Å². The monoisotopic (exact) mass is 580 g/mol. The molecule has 0 spiro atoms. The van der Waals surface area contributed by atoms with Crippen LogP contribution in [0.5, 0.6) is 0 Å². The highest BCUT2D eigenvalue weighted by Gasteiger charge is 2.39. The maximum Gasteiger partial charge on any atom is 0.407 e. The van der Waals surface area contributed by atoms with Crippen LogP contribution in [0.2, 0.25) is 0 Å². The summed E-state index contributed by atoms with van der Waals surface area (Å²) in [4.78, 5) is 54.4. The van der Waals surface area contributed by atoms with Crippen molar-refractivity contribution in [3.63, 3.8) is 0 Å². The van der Waals surface area contributed by atoms with Gasteiger partial charge in [-0.2, -0.15) is 0 Å². The van der Waals surface area contributed by atoms with Crippen LogP contribution in [0, 0.1) is 5.92 Å². The van der Waals surface area contributed by atoms with Crippen LogP contribution >= 0.6 is 0 Å². The number of carbonyl (C=O) groups is 4. The van der Waals surface area contributed by atoms with Gasteiger partial charge in [0.2, 0.25) is 17.7 Å². The Bertz CT molecular complexity index is 1240. The van der Waals surface area contributed by atoms with E-state index >= 15 is 0 Å². The van der Waals surface area contributed by atoms with Gasteiger partial charge in [0.15, 0.2) is 0 Å².